The van der Waals surface area contributed by atoms with Crippen LogP contribution in [-0.2, 0) is 19.5 Å². The molecule has 1 rings (SSSR count). The van der Waals surface area contributed by atoms with Crippen LogP contribution in [0.4, 0.5) is 0 Å². The Bertz CT molecular complexity index is 181. The van der Waals surface area contributed by atoms with Crippen molar-refractivity contribution in [1.29, 1.82) is 0 Å². The molecule has 5 heteroatoms. The van der Waals surface area contributed by atoms with Gasteiger partial charge in [0.15, 0.2) is 0 Å². The van der Waals surface area contributed by atoms with Crippen molar-refractivity contribution in [2.45, 2.75) is 0 Å². The van der Waals surface area contributed by atoms with Gasteiger partial charge in [0, 0.05) is 0 Å². The predicted octanol–water partition coefficient (Wildman–Crippen LogP) is -2.07. The Morgan fingerprint density at radius 3 is 2.78 bits per heavy atom. The van der Waals surface area contributed by atoms with Gasteiger partial charge in [0.05, 0.1) is 0 Å². The molecule has 0 aliphatic carbocycles. The maximum atomic E-state index is 6.87. The summed E-state index contributed by atoms with van der Waals surface area (Å²) in [6.45, 7) is 0. The van der Waals surface area contributed by atoms with Gasteiger partial charge in [0.25, 0.3) is 0 Å². The molecule has 0 spiro atoms. The minimum Gasteiger partial charge on any atom is -1.00 e. The second-order valence-corrected chi connectivity index (χ2v) is 1.23. The van der Waals surface area contributed by atoms with Crippen LogP contribution >= 0.6 is 11.6 Å². The molecular formula is C4H2Cl2N2Zn. The van der Waals surface area contributed by atoms with E-state index in [-0.39, 0.29) is 43.3 Å². The third-order valence-electron chi connectivity index (χ3n) is 0.443. The van der Waals surface area contributed by atoms with E-state index in [1.54, 1.807) is 0 Å². The molecule has 0 radical (unpaired) electrons. The molecule has 2 nitrogen and oxygen atoms in total. The van der Waals surface area contributed by atoms with E-state index in [0.29, 0.717) is 0 Å². The normalized spacial score (nSPS) is 8.33. The molecule has 9 heavy (non-hydrogen) atoms. The van der Waals surface area contributed by atoms with E-state index >= 15 is 0 Å². The third kappa shape index (κ3) is 4.77. The van der Waals surface area contributed by atoms with Crippen molar-refractivity contribution < 1.29 is 33.3 Å². The van der Waals surface area contributed by atoms with E-state index in [1.165, 1.54) is 6.07 Å². The number of nitrogens with zero attached hydrogens (tertiary/aromatic N) is 2. The predicted molar refractivity (Wildman–Crippen MR) is 25.9 cm³/mol. The maximum Gasteiger partial charge on any atom is 2.00 e. The van der Waals surface area contributed by atoms with Crippen LogP contribution in [0.15, 0.2) is 12.2 Å². The molecule has 0 unspecified atom stereocenters. The Labute approximate surface area is 78.6 Å². The zero-order valence-electron chi connectivity index (χ0n) is 5.43. The van der Waals surface area contributed by atoms with E-state index in [2.05, 4.69) is 16.2 Å². The summed E-state index contributed by atoms with van der Waals surface area (Å²) >= 11 is 5.27. The summed E-state index contributed by atoms with van der Waals surface area (Å²) in [5.41, 5.74) is 0. The minimum atomic E-state index is 0. The monoisotopic (exact) mass is 213 g/mol. The first-order valence-electron chi connectivity index (χ1n) is 2.16. The zero-order chi connectivity index (χ0) is 5.98. The topological polar surface area (TPSA) is 25.8 Å². The largest absolute Gasteiger partial charge is 2.00 e. The standard InChI is InChI=1S/C4H2ClN2.ClH.Zn/c5-4-6-2-1-3-7-4;;/h1-2H;1H;/q-1;;+2/p-1/i2D;;. The van der Waals surface area contributed by atoms with E-state index in [9.17, 15) is 0 Å². The van der Waals surface area contributed by atoms with Gasteiger partial charge in [-0.2, -0.15) is 0 Å². The van der Waals surface area contributed by atoms with Crippen molar-refractivity contribution in [3.63, 3.8) is 0 Å². The van der Waals surface area contributed by atoms with Crippen molar-refractivity contribution in [2.24, 2.45) is 0 Å². The summed E-state index contributed by atoms with van der Waals surface area (Å²) in [4.78, 5) is 6.91. The van der Waals surface area contributed by atoms with E-state index < -0.39 is 0 Å². The van der Waals surface area contributed by atoms with Crippen LogP contribution in [0.2, 0.25) is 5.28 Å². The van der Waals surface area contributed by atoms with E-state index in [4.69, 9.17) is 13.0 Å². The molecule has 0 saturated carbocycles. The molecule has 44 valence electrons. The van der Waals surface area contributed by atoms with E-state index in [0.717, 1.165) is 0 Å². The first-order chi connectivity index (χ1) is 3.79. The van der Waals surface area contributed by atoms with Crippen LogP contribution in [0.25, 0.3) is 0 Å². The Morgan fingerprint density at radius 2 is 2.44 bits per heavy atom. The average Bonchev–Trinajstić information content (AvgIpc) is 1.64. The van der Waals surface area contributed by atoms with E-state index in [1.807, 2.05) is 0 Å². The molecule has 0 amide bonds. The second kappa shape index (κ2) is 6.40. The fourth-order valence-corrected chi connectivity index (χ4v) is 0.323. The first-order valence-corrected chi connectivity index (χ1v) is 2.04. The summed E-state index contributed by atoms with van der Waals surface area (Å²) < 4.78 is 6.87. The van der Waals surface area contributed by atoms with Crippen LogP contribution < -0.4 is 12.4 Å². The molecule has 1 aromatic heterocycles. The Kier molecular flexibility index (Phi) is 6.61. The van der Waals surface area contributed by atoms with Gasteiger partial charge in [0.2, 0.25) is 0 Å². The van der Waals surface area contributed by atoms with Gasteiger partial charge in [-0.1, -0.05) is 12.4 Å². The van der Waals surface area contributed by atoms with Gasteiger partial charge in [-0.05, 0) is 1.37 Å². The van der Waals surface area contributed by atoms with Crippen LogP contribution in [0, 0.1) is 6.20 Å². The van der Waals surface area contributed by atoms with Crippen molar-refractivity contribution in [3.05, 3.63) is 23.7 Å². The summed E-state index contributed by atoms with van der Waals surface area (Å²) in [7, 11) is 0. The SMILES string of the molecule is [2H]c1c[c-]nc(Cl)n1.[Cl-].[Zn+2]. The Hall–Kier alpha value is 0.283. The smallest absolute Gasteiger partial charge is 1.00 e. The van der Waals surface area contributed by atoms with Gasteiger partial charge < -0.3 is 22.4 Å². The summed E-state index contributed by atoms with van der Waals surface area (Å²) in [5.74, 6) is 0. The average molecular weight is 215 g/mol. The summed E-state index contributed by atoms with van der Waals surface area (Å²) in [6, 6.07) is 1.34. The first kappa shape index (κ1) is 9.28. The number of rotatable bonds is 0. The molecule has 0 aliphatic heterocycles. The molecular weight excluding hydrogens is 212 g/mol. The van der Waals surface area contributed by atoms with Gasteiger partial charge in [-0.15, -0.1) is 17.7 Å². The number of hydrogen-bond donors (Lipinski definition) is 0. The fourth-order valence-electron chi connectivity index (χ4n) is 0.225. The van der Waals surface area contributed by atoms with Crippen molar-refractivity contribution in [3.8, 4) is 0 Å². The van der Waals surface area contributed by atoms with Crippen LogP contribution in [0.1, 0.15) is 1.37 Å². The Balaban J connectivity index is 0. The Morgan fingerprint density at radius 1 is 1.78 bits per heavy atom. The zero-order valence-corrected chi connectivity index (χ0v) is 8.91. The maximum absolute atomic E-state index is 6.87. The van der Waals surface area contributed by atoms with Gasteiger partial charge in [-0.25, -0.2) is 0 Å². The van der Waals surface area contributed by atoms with Crippen LogP contribution in [0.5, 0.6) is 0 Å². The summed E-state index contributed by atoms with van der Waals surface area (Å²) in [5, 5.41) is 0.0671. The fraction of sp³-hybridized carbons (Fsp3) is 0. The third-order valence-corrected chi connectivity index (χ3v) is 0.612. The van der Waals surface area contributed by atoms with Crippen LogP contribution in [0.3, 0.4) is 0 Å². The molecule has 0 bridgehead atoms. The quantitative estimate of drug-likeness (QED) is 0.282. The number of aromatic nitrogens is 2. The molecule has 1 aromatic rings. The molecule has 0 atom stereocenters. The van der Waals surface area contributed by atoms with Gasteiger partial charge in [0.1, 0.15) is 5.28 Å². The molecule has 0 saturated heterocycles. The molecule has 1 heterocycles. The number of halogens is 2. The molecule has 0 aliphatic rings. The van der Waals surface area contributed by atoms with Gasteiger partial charge in [-0.3, -0.25) is 0 Å². The van der Waals surface area contributed by atoms with Crippen molar-refractivity contribution in [1.82, 2.24) is 9.97 Å². The second-order valence-electron chi connectivity index (χ2n) is 0.895. The minimum absolute atomic E-state index is 0. The molecule has 0 fully saturated rings. The number of hydrogen-bond acceptors (Lipinski definition) is 2. The van der Waals surface area contributed by atoms with Crippen LogP contribution in [-0.4, -0.2) is 9.97 Å². The van der Waals surface area contributed by atoms with Crippen molar-refractivity contribution >= 4 is 11.6 Å². The summed E-state index contributed by atoms with van der Waals surface area (Å²) in [6.07, 6.45) is 2.48. The molecule has 0 N–H and O–H groups in total. The van der Waals surface area contributed by atoms with Gasteiger partial charge >= 0.3 is 19.5 Å². The molecule has 0 aromatic carbocycles. The van der Waals surface area contributed by atoms with Crippen molar-refractivity contribution in [2.75, 3.05) is 0 Å².